The smallest absolute Gasteiger partial charge is 0.306 e. The second-order valence-electron chi connectivity index (χ2n) is 27.0. The molecule has 0 aliphatic carbocycles. The highest BCUT2D eigenvalue weighted by Crippen LogP contribution is 2.38. The standard InChI is InChI=1S/C82H146NO8P/c1-6-8-10-12-14-16-18-20-22-24-26-28-30-32-34-36-37-38-39-40-41-42-43-44-45-47-48-50-52-54-56-58-60-62-64-66-68-70-72-74-81(84)88-78-80(79-90-92(86,87)89-77-76-83(3,4)5)91-82(85)75-73-71-69-67-65-63-61-59-57-55-53-51-49-46-35-33-31-29-27-25-23-21-19-17-15-13-11-9-7-2/h9,11,15,17-18,20-21,23-24,26-27,29-30,32-33,35,49,51,80H,6-8,10,12-14,16,19,22,25,28,31,34,36-48,50,52-79H2,1-5H3/b11-9-,17-15-,20-18-,23-21-,26-24-,29-27-,32-30-,35-33-,51-49-. The minimum absolute atomic E-state index is 0.0344. The maximum Gasteiger partial charge on any atom is 0.306 e. The molecule has 92 heavy (non-hydrogen) atoms. The van der Waals surface area contributed by atoms with Gasteiger partial charge >= 0.3 is 11.9 Å². The van der Waals surface area contributed by atoms with E-state index < -0.39 is 26.5 Å². The number of unbranched alkanes of at least 4 members (excludes halogenated alkanes) is 39. The fourth-order valence-corrected chi connectivity index (χ4v) is 11.6. The van der Waals surface area contributed by atoms with Crippen molar-refractivity contribution < 1.29 is 42.1 Å². The van der Waals surface area contributed by atoms with Crippen LogP contribution in [0, 0.1) is 0 Å². The summed E-state index contributed by atoms with van der Waals surface area (Å²) < 4.78 is 34.4. The van der Waals surface area contributed by atoms with Crippen LogP contribution in [0.2, 0.25) is 0 Å². The van der Waals surface area contributed by atoms with Gasteiger partial charge in [0, 0.05) is 12.8 Å². The number of rotatable bonds is 71. The summed E-state index contributed by atoms with van der Waals surface area (Å²) in [7, 11) is 1.17. The number of allylic oxidation sites excluding steroid dienone is 18. The second-order valence-corrected chi connectivity index (χ2v) is 28.4. The molecule has 0 aromatic rings. The zero-order valence-corrected chi connectivity index (χ0v) is 61.6. The molecule has 2 unspecified atom stereocenters. The van der Waals surface area contributed by atoms with Crippen molar-refractivity contribution in [3.63, 3.8) is 0 Å². The van der Waals surface area contributed by atoms with Crippen LogP contribution in [0.3, 0.4) is 0 Å². The molecule has 0 amide bonds. The number of quaternary nitrogens is 1. The molecule has 0 radical (unpaired) electrons. The highest BCUT2D eigenvalue weighted by Gasteiger charge is 2.22. The normalized spacial score (nSPS) is 13.7. The van der Waals surface area contributed by atoms with Crippen molar-refractivity contribution in [2.45, 2.75) is 354 Å². The van der Waals surface area contributed by atoms with Crippen molar-refractivity contribution in [1.29, 1.82) is 0 Å². The molecule has 0 aromatic heterocycles. The first kappa shape index (κ1) is 88.7. The number of phosphoric acid groups is 1. The Labute approximate surface area is 569 Å². The highest BCUT2D eigenvalue weighted by atomic mass is 31.2. The van der Waals surface area contributed by atoms with E-state index in [2.05, 4.69) is 123 Å². The molecule has 0 aliphatic rings. The summed E-state index contributed by atoms with van der Waals surface area (Å²) in [4.78, 5) is 38.1. The first-order valence-electron chi connectivity index (χ1n) is 38.6. The summed E-state index contributed by atoms with van der Waals surface area (Å²) in [5.74, 6) is -0.829. The average Bonchev–Trinajstić information content (AvgIpc) is 2.14. The number of carbonyl (C=O) groups excluding carboxylic acids is 2. The van der Waals surface area contributed by atoms with Gasteiger partial charge in [0.25, 0.3) is 7.82 Å². The summed E-state index contributed by atoms with van der Waals surface area (Å²) in [5.41, 5.74) is 0. The van der Waals surface area contributed by atoms with Crippen LogP contribution < -0.4 is 4.89 Å². The number of carbonyl (C=O) groups is 2. The van der Waals surface area contributed by atoms with Crippen LogP contribution in [0.15, 0.2) is 109 Å². The topological polar surface area (TPSA) is 111 Å². The van der Waals surface area contributed by atoms with Crippen LogP contribution in [0.5, 0.6) is 0 Å². The van der Waals surface area contributed by atoms with Crippen LogP contribution in [0.4, 0.5) is 0 Å². The molecule has 0 aromatic carbocycles. The van der Waals surface area contributed by atoms with E-state index in [1.165, 1.54) is 218 Å². The van der Waals surface area contributed by atoms with E-state index in [1.807, 2.05) is 21.1 Å². The van der Waals surface area contributed by atoms with Crippen LogP contribution in [-0.2, 0) is 32.7 Å². The predicted molar refractivity (Wildman–Crippen MR) is 397 cm³/mol. The Morgan fingerprint density at radius 1 is 0.348 bits per heavy atom. The summed E-state index contributed by atoms with van der Waals surface area (Å²) in [6.07, 6.45) is 102. The Bertz CT molecular complexity index is 1920. The minimum Gasteiger partial charge on any atom is -0.756 e. The molecule has 0 spiro atoms. The molecule has 0 fully saturated rings. The second kappa shape index (κ2) is 72.0. The lowest BCUT2D eigenvalue weighted by atomic mass is 10.0. The van der Waals surface area contributed by atoms with Crippen LogP contribution in [0.1, 0.15) is 348 Å². The van der Waals surface area contributed by atoms with Crippen LogP contribution in [0.25, 0.3) is 0 Å². The number of ether oxygens (including phenoxy) is 2. The largest absolute Gasteiger partial charge is 0.756 e. The zero-order chi connectivity index (χ0) is 66.9. The molecule has 0 saturated carbocycles. The number of esters is 2. The minimum atomic E-state index is -4.65. The van der Waals surface area contributed by atoms with E-state index in [-0.39, 0.29) is 32.0 Å². The molecule has 532 valence electrons. The van der Waals surface area contributed by atoms with Crippen molar-refractivity contribution in [1.82, 2.24) is 0 Å². The lowest BCUT2D eigenvalue weighted by Gasteiger charge is -2.28. The van der Waals surface area contributed by atoms with E-state index in [0.29, 0.717) is 17.4 Å². The maximum absolute atomic E-state index is 12.9. The number of hydrogen-bond donors (Lipinski definition) is 0. The van der Waals surface area contributed by atoms with Gasteiger partial charge in [-0.05, 0) is 103 Å². The van der Waals surface area contributed by atoms with Gasteiger partial charge in [0.2, 0.25) is 0 Å². The fourth-order valence-electron chi connectivity index (χ4n) is 10.9. The van der Waals surface area contributed by atoms with E-state index in [9.17, 15) is 19.0 Å². The molecule has 0 bridgehead atoms. The lowest BCUT2D eigenvalue weighted by Crippen LogP contribution is -2.37. The number of phosphoric ester groups is 1. The third-order valence-electron chi connectivity index (χ3n) is 16.8. The van der Waals surface area contributed by atoms with Crippen molar-refractivity contribution in [3.8, 4) is 0 Å². The molecule has 0 heterocycles. The Morgan fingerprint density at radius 3 is 0.924 bits per heavy atom. The molecular weight excluding hydrogens is 1160 g/mol. The molecule has 0 N–H and O–H groups in total. The van der Waals surface area contributed by atoms with Crippen LogP contribution >= 0.6 is 7.82 Å². The average molecular weight is 1310 g/mol. The third-order valence-corrected chi connectivity index (χ3v) is 17.7. The summed E-state index contributed by atoms with van der Waals surface area (Å²) in [5, 5.41) is 0. The van der Waals surface area contributed by atoms with Gasteiger partial charge in [0.05, 0.1) is 27.7 Å². The van der Waals surface area contributed by atoms with Crippen LogP contribution in [-0.4, -0.2) is 70.0 Å². The van der Waals surface area contributed by atoms with Gasteiger partial charge in [0.15, 0.2) is 6.10 Å². The first-order valence-corrected chi connectivity index (χ1v) is 40.1. The van der Waals surface area contributed by atoms with E-state index in [4.69, 9.17) is 18.5 Å². The highest BCUT2D eigenvalue weighted by molar-refractivity contribution is 7.45. The molecular formula is C82H146NO8P. The molecule has 0 rings (SSSR count). The Hall–Kier alpha value is -3.33. The lowest BCUT2D eigenvalue weighted by molar-refractivity contribution is -0.870. The van der Waals surface area contributed by atoms with Crippen molar-refractivity contribution in [2.75, 3.05) is 47.5 Å². The quantitative estimate of drug-likeness (QED) is 0.0195. The van der Waals surface area contributed by atoms with Gasteiger partial charge in [-0.2, -0.15) is 0 Å². The summed E-state index contributed by atoms with van der Waals surface area (Å²) >= 11 is 0. The molecule has 9 nitrogen and oxygen atoms in total. The monoisotopic (exact) mass is 1300 g/mol. The summed E-state index contributed by atoms with van der Waals surface area (Å²) in [6, 6.07) is 0. The number of likely N-dealkylation sites (N-methyl/N-ethyl adjacent to an activating group) is 1. The Morgan fingerprint density at radius 2 is 0.620 bits per heavy atom. The SMILES string of the molecule is CC/C=C\C/C=C\C/C=C\C/C=C\C/C=C\C/C=C\CCCCCCCCCCCCC(=O)OC(COC(=O)CCCCCCCCCCCCCCCCCCCCCCCCCC/C=C\C/C=C\C/C=C\CCCCCCC)COP(=O)([O-])OCC[N+](C)(C)C. The van der Waals surface area contributed by atoms with E-state index >= 15 is 0 Å². The number of nitrogens with zero attached hydrogens (tertiary/aromatic N) is 1. The first-order chi connectivity index (χ1) is 45.0. The van der Waals surface area contributed by atoms with E-state index in [0.717, 1.165) is 96.3 Å². The van der Waals surface area contributed by atoms with Gasteiger partial charge in [-0.25, -0.2) is 0 Å². The third kappa shape index (κ3) is 75.7. The van der Waals surface area contributed by atoms with Crippen molar-refractivity contribution in [2.24, 2.45) is 0 Å². The van der Waals surface area contributed by atoms with Gasteiger partial charge < -0.3 is 27.9 Å². The molecule has 0 aliphatic heterocycles. The number of hydrogen-bond acceptors (Lipinski definition) is 8. The predicted octanol–water partition coefficient (Wildman–Crippen LogP) is 25.0. The Balaban J connectivity index is 3.96. The molecule has 10 heteroatoms. The van der Waals surface area contributed by atoms with E-state index in [1.54, 1.807) is 0 Å². The fraction of sp³-hybridized carbons (Fsp3) is 0.756. The Kier molecular flexibility index (Phi) is 69.3. The molecule has 2 atom stereocenters. The van der Waals surface area contributed by atoms with Gasteiger partial charge in [-0.15, -0.1) is 0 Å². The van der Waals surface area contributed by atoms with Crippen molar-refractivity contribution in [3.05, 3.63) is 109 Å². The van der Waals surface area contributed by atoms with Crippen molar-refractivity contribution >= 4 is 19.8 Å². The van der Waals surface area contributed by atoms with Gasteiger partial charge in [-0.3, -0.25) is 14.2 Å². The summed E-state index contributed by atoms with van der Waals surface area (Å²) in [6.45, 7) is 4.14. The molecule has 0 saturated heterocycles. The zero-order valence-electron chi connectivity index (χ0n) is 60.7. The van der Waals surface area contributed by atoms with Gasteiger partial charge in [0.1, 0.15) is 19.8 Å². The maximum atomic E-state index is 12.9. The van der Waals surface area contributed by atoms with Gasteiger partial charge in [-0.1, -0.05) is 342 Å².